The van der Waals surface area contributed by atoms with Crippen molar-refractivity contribution in [2.24, 2.45) is 0 Å². The van der Waals surface area contributed by atoms with Crippen LogP contribution in [0, 0.1) is 0 Å². The molecule has 2 aromatic heterocycles. The summed E-state index contributed by atoms with van der Waals surface area (Å²) in [5.41, 5.74) is 2.93. The van der Waals surface area contributed by atoms with Gasteiger partial charge in [0.25, 0.3) is 5.56 Å². The van der Waals surface area contributed by atoms with Crippen molar-refractivity contribution in [2.75, 3.05) is 13.1 Å². The zero-order valence-electron chi connectivity index (χ0n) is 16.8. The second kappa shape index (κ2) is 8.53. The van der Waals surface area contributed by atoms with Crippen LogP contribution in [0.4, 0.5) is 0 Å². The van der Waals surface area contributed by atoms with Crippen LogP contribution in [0.15, 0.2) is 47.5 Å². The van der Waals surface area contributed by atoms with E-state index in [0.717, 1.165) is 48.7 Å². The van der Waals surface area contributed by atoms with E-state index >= 15 is 0 Å². The molecule has 0 aliphatic carbocycles. The highest BCUT2D eigenvalue weighted by Gasteiger charge is 2.19. The Bertz CT molecular complexity index is 1030. The summed E-state index contributed by atoms with van der Waals surface area (Å²) in [6.45, 7) is 6.57. The van der Waals surface area contributed by atoms with Gasteiger partial charge < -0.3 is 9.72 Å². The third-order valence-corrected chi connectivity index (χ3v) is 5.07. The minimum Gasteiger partial charge on any atom is -0.424 e. The molecule has 4 rings (SSSR count). The van der Waals surface area contributed by atoms with E-state index < -0.39 is 0 Å². The molecule has 0 bridgehead atoms. The Labute approximate surface area is 169 Å². The first-order chi connectivity index (χ1) is 14.1. The Morgan fingerprint density at radius 3 is 2.72 bits per heavy atom. The van der Waals surface area contributed by atoms with Gasteiger partial charge in [-0.1, -0.05) is 26.0 Å². The quantitative estimate of drug-likeness (QED) is 0.720. The molecule has 29 heavy (non-hydrogen) atoms. The molecule has 0 radical (unpaired) electrons. The first kappa shape index (κ1) is 19.3. The van der Waals surface area contributed by atoms with Gasteiger partial charge in [0.05, 0.1) is 5.69 Å². The van der Waals surface area contributed by atoms with E-state index in [2.05, 4.69) is 25.9 Å². The molecule has 150 valence electrons. The average molecular weight is 391 g/mol. The Morgan fingerprint density at radius 1 is 1.14 bits per heavy atom. The molecule has 0 fully saturated rings. The number of rotatable bonds is 5. The average Bonchev–Trinajstić information content (AvgIpc) is 2.92. The van der Waals surface area contributed by atoms with Crippen molar-refractivity contribution >= 4 is 0 Å². The molecule has 0 atom stereocenters. The zero-order chi connectivity index (χ0) is 20.2. The highest BCUT2D eigenvalue weighted by atomic mass is 16.5. The van der Waals surface area contributed by atoms with Crippen LogP contribution in [0.3, 0.4) is 0 Å². The van der Waals surface area contributed by atoms with Gasteiger partial charge >= 0.3 is 6.01 Å². The van der Waals surface area contributed by atoms with Crippen LogP contribution in [0.2, 0.25) is 0 Å². The van der Waals surface area contributed by atoms with E-state index in [1.165, 1.54) is 0 Å². The number of ether oxygens (including phenoxy) is 1. The van der Waals surface area contributed by atoms with Gasteiger partial charge in [0, 0.05) is 49.9 Å². The molecule has 0 saturated heterocycles. The van der Waals surface area contributed by atoms with Crippen molar-refractivity contribution in [2.45, 2.75) is 39.2 Å². The van der Waals surface area contributed by atoms with Crippen molar-refractivity contribution in [3.8, 4) is 11.8 Å². The standard InChI is InChI=1S/C22H25N5O2/c1-15(2)20-25-19-8-12-27(11-7-18(19)21(28)26-20)14-16-5-3-6-17(13-16)29-22-23-9-4-10-24-22/h3-6,9-10,13,15H,7-8,11-12,14H2,1-2H3,(H,25,26,28). The van der Waals surface area contributed by atoms with E-state index in [1.54, 1.807) is 18.5 Å². The summed E-state index contributed by atoms with van der Waals surface area (Å²) < 4.78 is 5.74. The first-order valence-corrected chi connectivity index (χ1v) is 9.96. The lowest BCUT2D eigenvalue weighted by molar-refractivity contribution is 0.278. The molecule has 1 aromatic carbocycles. The van der Waals surface area contributed by atoms with Crippen molar-refractivity contribution in [3.05, 3.63) is 75.7 Å². The molecule has 0 spiro atoms. The Morgan fingerprint density at radius 2 is 1.93 bits per heavy atom. The number of benzene rings is 1. The molecule has 1 aliphatic heterocycles. The molecule has 3 heterocycles. The third kappa shape index (κ3) is 4.68. The van der Waals surface area contributed by atoms with Crippen LogP contribution < -0.4 is 10.3 Å². The number of nitrogens with zero attached hydrogens (tertiary/aromatic N) is 4. The van der Waals surface area contributed by atoms with Gasteiger partial charge in [-0.25, -0.2) is 15.0 Å². The lowest BCUT2D eigenvalue weighted by Gasteiger charge is -2.19. The monoisotopic (exact) mass is 391 g/mol. The molecule has 7 heteroatoms. The molecular weight excluding hydrogens is 366 g/mol. The molecule has 0 saturated carbocycles. The molecule has 1 N–H and O–H groups in total. The summed E-state index contributed by atoms with van der Waals surface area (Å²) in [4.78, 5) is 30.7. The van der Waals surface area contributed by atoms with Crippen molar-refractivity contribution in [1.29, 1.82) is 0 Å². The van der Waals surface area contributed by atoms with E-state index in [0.29, 0.717) is 18.2 Å². The maximum atomic E-state index is 12.5. The molecule has 3 aromatic rings. The van der Waals surface area contributed by atoms with Crippen molar-refractivity contribution < 1.29 is 4.74 Å². The predicted octanol–water partition coefficient (Wildman–Crippen LogP) is 3.08. The molecule has 0 unspecified atom stereocenters. The summed E-state index contributed by atoms with van der Waals surface area (Å²) >= 11 is 0. The predicted molar refractivity (Wildman–Crippen MR) is 110 cm³/mol. The molecule has 0 amide bonds. The molecular formula is C22H25N5O2. The van der Waals surface area contributed by atoms with Crippen molar-refractivity contribution in [1.82, 2.24) is 24.8 Å². The van der Waals surface area contributed by atoms with Crippen LogP contribution in [0.1, 0.15) is 42.4 Å². The molecule has 1 aliphatic rings. The number of hydrogen-bond acceptors (Lipinski definition) is 6. The summed E-state index contributed by atoms with van der Waals surface area (Å²) in [5, 5.41) is 0. The Hall–Kier alpha value is -3.06. The summed E-state index contributed by atoms with van der Waals surface area (Å²) in [6.07, 6.45) is 4.81. The SMILES string of the molecule is CC(C)c1nc2c(c(=O)[nH]1)CCN(Cc1cccc(Oc3ncccn3)c1)CC2. The highest BCUT2D eigenvalue weighted by Crippen LogP contribution is 2.21. The highest BCUT2D eigenvalue weighted by molar-refractivity contribution is 5.30. The van der Waals surface area contributed by atoms with Gasteiger partial charge in [0.2, 0.25) is 0 Å². The van der Waals surface area contributed by atoms with Gasteiger partial charge in [-0.3, -0.25) is 9.69 Å². The van der Waals surface area contributed by atoms with Crippen LogP contribution in [-0.4, -0.2) is 37.9 Å². The van der Waals surface area contributed by atoms with Gasteiger partial charge in [0.15, 0.2) is 0 Å². The van der Waals surface area contributed by atoms with Gasteiger partial charge in [-0.15, -0.1) is 0 Å². The number of aromatic nitrogens is 4. The number of aromatic amines is 1. The second-order valence-corrected chi connectivity index (χ2v) is 7.59. The summed E-state index contributed by atoms with van der Waals surface area (Å²) in [6, 6.07) is 10.1. The maximum absolute atomic E-state index is 12.5. The van der Waals surface area contributed by atoms with Crippen LogP contribution in [-0.2, 0) is 19.4 Å². The van der Waals surface area contributed by atoms with E-state index in [1.807, 2.05) is 32.0 Å². The topological polar surface area (TPSA) is 84.0 Å². The maximum Gasteiger partial charge on any atom is 0.321 e. The summed E-state index contributed by atoms with van der Waals surface area (Å²) in [5.74, 6) is 1.70. The first-order valence-electron chi connectivity index (χ1n) is 9.96. The van der Waals surface area contributed by atoms with Crippen LogP contribution in [0.25, 0.3) is 0 Å². The number of H-pyrrole nitrogens is 1. The Balaban J connectivity index is 1.45. The zero-order valence-corrected chi connectivity index (χ0v) is 16.8. The largest absolute Gasteiger partial charge is 0.424 e. The van der Waals surface area contributed by atoms with Crippen molar-refractivity contribution in [3.63, 3.8) is 0 Å². The molecule has 7 nitrogen and oxygen atoms in total. The fraction of sp³-hybridized carbons (Fsp3) is 0.364. The lowest BCUT2D eigenvalue weighted by Crippen LogP contribution is -2.26. The Kier molecular flexibility index (Phi) is 5.67. The van der Waals surface area contributed by atoms with Crippen LogP contribution >= 0.6 is 0 Å². The number of fused-ring (bicyclic) bond motifs is 1. The van der Waals surface area contributed by atoms with E-state index in [9.17, 15) is 4.79 Å². The van der Waals surface area contributed by atoms with Gasteiger partial charge in [0.1, 0.15) is 11.6 Å². The minimum absolute atomic E-state index is 0.0128. The van der Waals surface area contributed by atoms with Gasteiger partial charge in [-0.2, -0.15) is 0 Å². The minimum atomic E-state index is 0.0128. The van der Waals surface area contributed by atoms with Gasteiger partial charge in [-0.05, 0) is 30.2 Å². The smallest absolute Gasteiger partial charge is 0.321 e. The lowest BCUT2D eigenvalue weighted by atomic mass is 10.1. The second-order valence-electron chi connectivity index (χ2n) is 7.59. The normalized spacial score (nSPS) is 14.4. The number of nitrogens with one attached hydrogen (secondary N) is 1. The van der Waals surface area contributed by atoms with E-state index in [-0.39, 0.29) is 11.5 Å². The summed E-state index contributed by atoms with van der Waals surface area (Å²) in [7, 11) is 0. The fourth-order valence-electron chi connectivity index (χ4n) is 3.51. The van der Waals surface area contributed by atoms with E-state index in [4.69, 9.17) is 9.72 Å². The third-order valence-electron chi connectivity index (χ3n) is 5.07. The fourth-order valence-corrected chi connectivity index (χ4v) is 3.51. The number of hydrogen-bond donors (Lipinski definition) is 1. The van der Waals surface area contributed by atoms with Crippen LogP contribution in [0.5, 0.6) is 11.8 Å².